The molecule has 0 spiro atoms. The number of rotatable bonds is 9. The predicted molar refractivity (Wildman–Crippen MR) is 217 cm³/mol. The molecule has 3 aliphatic heterocycles. The van der Waals surface area contributed by atoms with Crippen LogP contribution >= 0.6 is 0 Å². The van der Waals surface area contributed by atoms with Gasteiger partial charge in [0, 0.05) is 50.0 Å². The number of hydrogen-bond donors (Lipinski definition) is 2. The van der Waals surface area contributed by atoms with Crippen molar-refractivity contribution in [3.63, 3.8) is 0 Å². The lowest BCUT2D eigenvalue weighted by Crippen LogP contribution is -2.43. The summed E-state index contributed by atoms with van der Waals surface area (Å²) in [7, 11) is -1.16. The highest BCUT2D eigenvalue weighted by Crippen LogP contribution is 2.47. The molecule has 1 aromatic heterocycles. The number of fused-ring (bicyclic) bond motifs is 3. The zero-order chi connectivity index (χ0) is 41.0. The SMILES string of the molecule is COc1c(F)c(-c2cc(O)cc3ccc(F)c(C#C[Si](C(C)C)(C(C)C)C(C)C)c23)c(F)c2nc(OC[C@@]34CCCN3C[C@H](F)C4)nc(N3CCNC(=O)CC3)c12. The van der Waals surface area contributed by atoms with Gasteiger partial charge in [-0.15, -0.1) is 5.54 Å². The number of aromatic hydroxyl groups is 1. The molecular weight excluding hydrogens is 755 g/mol. The minimum Gasteiger partial charge on any atom is -0.508 e. The number of aromatic nitrogens is 2. The molecule has 3 saturated heterocycles. The molecule has 3 aromatic carbocycles. The molecule has 304 valence electrons. The molecule has 14 heteroatoms. The number of carbonyl (C=O) groups is 1. The number of anilines is 1. The van der Waals surface area contributed by atoms with Gasteiger partial charge in [-0.3, -0.25) is 9.69 Å². The Bertz CT molecular complexity index is 2270. The molecule has 3 fully saturated rings. The summed E-state index contributed by atoms with van der Waals surface area (Å²) in [5.41, 5.74) is 2.57. The minimum absolute atomic E-state index is 0.0311. The van der Waals surface area contributed by atoms with Gasteiger partial charge in [0.25, 0.3) is 0 Å². The van der Waals surface area contributed by atoms with Crippen LogP contribution in [0.1, 0.15) is 72.8 Å². The van der Waals surface area contributed by atoms with Gasteiger partial charge in [-0.2, -0.15) is 9.97 Å². The number of alkyl halides is 1. The number of phenolic OH excluding ortho intramolecular Hbond substituents is 1. The van der Waals surface area contributed by atoms with Crippen LogP contribution in [0.4, 0.5) is 23.4 Å². The molecule has 57 heavy (non-hydrogen) atoms. The van der Waals surface area contributed by atoms with Crippen LogP contribution in [0.15, 0.2) is 24.3 Å². The quantitative estimate of drug-likeness (QED) is 0.0989. The van der Waals surface area contributed by atoms with Crippen molar-refractivity contribution >= 4 is 41.5 Å². The molecular formula is C43H51F4N5O4Si. The minimum atomic E-state index is -2.40. The Kier molecular flexibility index (Phi) is 11.1. The van der Waals surface area contributed by atoms with Gasteiger partial charge in [0.2, 0.25) is 5.91 Å². The van der Waals surface area contributed by atoms with E-state index in [0.29, 0.717) is 18.4 Å². The van der Waals surface area contributed by atoms with Crippen molar-refractivity contribution in [3.8, 4) is 40.1 Å². The van der Waals surface area contributed by atoms with Gasteiger partial charge < -0.3 is 24.8 Å². The highest BCUT2D eigenvalue weighted by atomic mass is 28.3. The van der Waals surface area contributed by atoms with Crippen LogP contribution in [0, 0.1) is 28.9 Å². The average molecular weight is 806 g/mol. The normalized spacial score (nSPS) is 20.4. The number of benzene rings is 3. The molecule has 0 saturated carbocycles. The van der Waals surface area contributed by atoms with Gasteiger partial charge in [0.05, 0.1) is 29.2 Å². The number of halogens is 4. The van der Waals surface area contributed by atoms with Gasteiger partial charge in [-0.25, -0.2) is 17.6 Å². The number of phenols is 1. The van der Waals surface area contributed by atoms with E-state index in [0.717, 1.165) is 13.0 Å². The van der Waals surface area contributed by atoms with E-state index < -0.39 is 42.8 Å². The maximum atomic E-state index is 17.6. The van der Waals surface area contributed by atoms with Crippen LogP contribution in [0.2, 0.25) is 16.6 Å². The predicted octanol–water partition coefficient (Wildman–Crippen LogP) is 8.43. The van der Waals surface area contributed by atoms with Gasteiger partial charge >= 0.3 is 6.01 Å². The van der Waals surface area contributed by atoms with Gasteiger partial charge in [0.15, 0.2) is 17.4 Å². The summed E-state index contributed by atoms with van der Waals surface area (Å²) in [4.78, 5) is 25.4. The standard InChI is InChI=1S/C43H51F4N5O4Si/c1-24(2)57(25(3)4,26(5)6)18-12-30-32(45)10-9-27-19-29(53)20-31(34(27)30)35-37(46)39-36(40(55-7)38(35)47)41(51-16-11-33(54)48-14-17-51)50-42(49-39)56-23-43-13-8-15-52(43)22-28(44)21-43/h9-10,19-20,24-26,28,53H,8,11,13-17,21-23H2,1-7H3,(H,48,54)/t28-,43+/m1/s1. The van der Waals surface area contributed by atoms with Crippen LogP contribution in [0.25, 0.3) is 32.8 Å². The van der Waals surface area contributed by atoms with E-state index in [1.54, 1.807) is 4.90 Å². The van der Waals surface area contributed by atoms with E-state index in [2.05, 4.69) is 73.2 Å². The van der Waals surface area contributed by atoms with Crippen LogP contribution in [-0.2, 0) is 4.79 Å². The molecule has 0 bridgehead atoms. The molecule has 9 nitrogen and oxygen atoms in total. The molecule has 0 unspecified atom stereocenters. The first-order valence-corrected chi connectivity index (χ1v) is 22.1. The lowest BCUT2D eigenvalue weighted by Gasteiger charge is -2.38. The Hall–Kier alpha value is -4.61. The molecule has 3 aliphatic rings. The second-order valence-electron chi connectivity index (χ2n) is 16.7. The maximum Gasteiger partial charge on any atom is 0.319 e. The Labute approximate surface area is 332 Å². The Morgan fingerprint density at radius 2 is 1.75 bits per heavy atom. The molecule has 2 atom stereocenters. The van der Waals surface area contributed by atoms with Crippen LogP contribution < -0.4 is 19.7 Å². The third-order valence-corrected chi connectivity index (χ3v) is 18.9. The van der Waals surface area contributed by atoms with Crippen LogP contribution in [0.5, 0.6) is 17.5 Å². The third kappa shape index (κ3) is 7.04. The lowest BCUT2D eigenvalue weighted by molar-refractivity contribution is -0.120. The third-order valence-electron chi connectivity index (χ3n) is 12.6. The first-order chi connectivity index (χ1) is 27.1. The van der Waals surface area contributed by atoms with Crippen LogP contribution in [-0.4, -0.2) is 92.1 Å². The molecule has 4 aromatic rings. The second-order valence-corrected chi connectivity index (χ2v) is 22.3. The number of nitrogens with one attached hydrogen (secondary N) is 1. The van der Waals surface area contributed by atoms with Gasteiger partial charge in [-0.05, 0) is 59.6 Å². The van der Waals surface area contributed by atoms with Gasteiger partial charge in [0.1, 0.15) is 43.8 Å². The number of ether oxygens (including phenoxy) is 2. The number of amides is 1. The summed E-state index contributed by atoms with van der Waals surface area (Å²) in [5.74, 6) is -0.485. The fourth-order valence-corrected chi connectivity index (χ4v) is 15.1. The monoisotopic (exact) mass is 805 g/mol. The summed E-state index contributed by atoms with van der Waals surface area (Å²) in [6.45, 7) is 14.6. The highest BCUT2D eigenvalue weighted by Gasteiger charge is 2.49. The summed E-state index contributed by atoms with van der Waals surface area (Å²) in [5, 5.41) is 14.2. The van der Waals surface area contributed by atoms with E-state index in [1.807, 2.05) is 0 Å². The number of carbonyl (C=O) groups excluding carboxylic acids is 1. The first-order valence-electron chi connectivity index (χ1n) is 19.9. The first kappa shape index (κ1) is 40.6. The van der Waals surface area contributed by atoms with Crippen molar-refractivity contribution < 1.29 is 36.9 Å². The lowest BCUT2D eigenvalue weighted by atomic mass is 9.92. The largest absolute Gasteiger partial charge is 0.508 e. The molecule has 1 amide bonds. The molecule has 0 radical (unpaired) electrons. The Morgan fingerprint density at radius 1 is 1.02 bits per heavy atom. The number of hydrogen-bond acceptors (Lipinski definition) is 8. The van der Waals surface area contributed by atoms with E-state index in [9.17, 15) is 14.3 Å². The zero-order valence-electron chi connectivity index (χ0n) is 33.7. The fraction of sp³-hybridized carbons (Fsp3) is 0.512. The highest BCUT2D eigenvalue weighted by molar-refractivity contribution is 6.90. The number of nitrogens with zero attached hydrogens (tertiary/aromatic N) is 4. The van der Waals surface area contributed by atoms with E-state index in [4.69, 9.17) is 9.47 Å². The van der Waals surface area contributed by atoms with Crippen LogP contribution in [0.3, 0.4) is 0 Å². The van der Waals surface area contributed by atoms with E-state index in [-0.39, 0.29) is 112 Å². The van der Waals surface area contributed by atoms with E-state index >= 15 is 13.2 Å². The average Bonchev–Trinajstić information content (AvgIpc) is 3.59. The van der Waals surface area contributed by atoms with Crippen molar-refractivity contribution in [2.24, 2.45) is 0 Å². The molecule has 4 heterocycles. The molecule has 7 rings (SSSR count). The number of methoxy groups -OCH3 is 1. The fourth-order valence-electron chi connectivity index (χ4n) is 9.93. The zero-order valence-corrected chi connectivity index (χ0v) is 34.7. The maximum absolute atomic E-state index is 17.6. The summed E-state index contributed by atoms with van der Waals surface area (Å²) < 4.78 is 77.6. The molecule has 2 N–H and O–H groups in total. The second kappa shape index (κ2) is 15.6. The summed E-state index contributed by atoms with van der Waals surface area (Å²) in [6, 6.07) is 5.09. The van der Waals surface area contributed by atoms with Crippen molar-refractivity contribution in [1.82, 2.24) is 20.2 Å². The van der Waals surface area contributed by atoms with Crippen molar-refractivity contribution in [2.75, 3.05) is 51.3 Å². The Morgan fingerprint density at radius 3 is 2.46 bits per heavy atom. The topological polar surface area (TPSA) is 100 Å². The summed E-state index contributed by atoms with van der Waals surface area (Å²) in [6.07, 6.45) is 0.970. The van der Waals surface area contributed by atoms with Crippen molar-refractivity contribution in [3.05, 3.63) is 47.3 Å². The smallest absolute Gasteiger partial charge is 0.319 e. The van der Waals surface area contributed by atoms with Crippen molar-refractivity contribution in [2.45, 2.75) is 95.6 Å². The Balaban J connectivity index is 1.48. The van der Waals surface area contributed by atoms with E-state index in [1.165, 1.54) is 31.4 Å². The molecule has 0 aliphatic carbocycles. The van der Waals surface area contributed by atoms with Gasteiger partial charge in [-0.1, -0.05) is 53.5 Å². The summed E-state index contributed by atoms with van der Waals surface area (Å²) >= 11 is 0. The van der Waals surface area contributed by atoms with Crippen molar-refractivity contribution in [1.29, 1.82) is 0 Å².